The van der Waals surface area contributed by atoms with Crippen molar-refractivity contribution in [1.82, 2.24) is 0 Å². The van der Waals surface area contributed by atoms with Crippen LogP contribution in [-0.4, -0.2) is 15.8 Å². The van der Waals surface area contributed by atoms with Crippen LogP contribution in [0.4, 0.5) is 30.2 Å². The van der Waals surface area contributed by atoms with Gasteiger partial charge in [0.25, 0.3) is 17.3 Å². The molecule has 1 N–H and O–H groups in total. The molecule has 0 atom stereocenters. The predicted molar refractivity (Wildman–Crippen MR) is 79.1 cm³/mol. The van der Waals surface area contributed by atoms with Crippen molar-refractivity contribution >= 4 is 23.0 Å². The van der Waals surface area contributed by atoms with E-state index in [1.165, 1.54) is 6.07 Å². The molecule has 0 saturated carbocycles. The van der Waals surface area contributed by atoms with Gasteiger partial charge >= 0.3 is 6.18 Å². The summed E-state index contributed by atoms with van der Waals surface area (Å²) in [6.07, 6.45) is -4.62. The third-order valence-electron chi connectivity index (χ3n) is 3.03. The smallest absolute Gasteiger partial charge is 0.322 e. The molecule has 1 amide bonds. The average Bonchev–Trinajstić information content (AvgIpc) is 2.53. The molecule has 0 aliphatic heterocycles. The summed E-state index contributed by atoms with van der Waals surface area (Å²) < 4.78 is 37.9. The van der Waals surface area contributed by atoms with E-state index < -0.39 is 44.4 Å². The maximum atomic E-state index is 12.6. The van der Waals surface area contributed by atoms with Gasteiger partial charge in [0, 0.05) is 17.8 Å². The number of carbonyl (C=O) groups excluding carboxylic acids is 1. The molecule has 0 aromatic heterocycles. The van der Waals surface area contributed by atoms with Gasteiger partial charge in [-0.05, 0) is 18.2 Å². The van der Waals surface area contributed by atoms with Crippen molar-refractivity contribution in [3.8, 4) is 0 Å². The Morgan fingerprint density at radius 1 is 0.960 bits per heavy atom. The number of halogens is 3. The van der Waals surface area contributed by atoms with Crippen LogP contribution in [0.5, 0.6) is 0 Å². The maximum absolute atomic E-state index is 12.6. The van der Waals surface area contributed by atoms with E-state index >= 15 is 0 Å². The number of benzene rings is 2. The second-order valence-electron chi connectivity index (χ2n) is 4.78. The average molecular weight is 355 g/mol. The number of hydrogen-bond acceptors (Lipinski definition) is 5. The van der Waals surface area contributed by atoms with Crippen LogP contribution < -0.4 is 5.32 Å². The Balaban J connectivity index is 2.35. The number of nitro groups is 2. The number of non-ortho nitro benzene ring substituents is 2. The monoisotopic (exact) mass is 355 g/mol. The number of rotatable bonds is 4. The zero-order chi connectivity index (χ0) is 18.8. The number of nitrogens with one attached hydrogen (secondary N) is 1. The molecule has 2 aromatic carbocycles. The van der Waals surface area contributed by atoms with Crippen molar-refractivity contribution in [3.63, 3.8) is 0 Å². The van der Waals surface area contributed by atoms with Crippen molar-refractivity contribution < 1.29 is 27.8 Å². The lowest BCUT2D eigenvalue weighted by Crippen LogP contribution is -2.13. The zero-order valence-electron chi connectivity index (χ0n) is 12.1. The first-order valence-corrected chi connectivity index (χ1v) is 6.50. The molecule has 2 aromatic rings. The molecule has 0 aliphatic carbocycles. The van der Waals surface area contributed by atoms with Gasteiger partial charge in [-0.3, -0.25) is 25.0 Å². The molecule has 0 spiro atoms. The minimum atomic E-state index is -4.62. The Morgan fingerprint density at radius 2 is 1.52 bits per heavy atom. The molecule has 0 bridgehead atoms. The molecule has 0 unspecified atom stereocenters. The second-order valence-corrected chi connectivity index (χ2v) is 4.78. The normalized spacial score (nSPS) is 11.0. The third-order valence-corrected chi connectivity index (χ3v) is 3.03. The first kappa shape index (κ1) is 17.8. The lowest BCUT2D eigenvalue weighted by Gasteiger charge is -2.10. The molecule has 11 heteroatoms. The number of amides is 1. The quantitative estimate of drug-likeness (QED) is 0.662. The van der Waals surface area contributed by atoms with Crippen molar-refractivity contribution in [1.29, 1.82) is 0 Å². The lowest BCUT2D eigenvalue weighted by molar-refractivity contribution is -0.394. The fraction of sp³-hybridized carbons (Fsp3) is 0.0714. The van der Waals surface area contributed by atoms with E-state index in [0.717, 1.165) is 24.3 Å². The fourth-order valence-electron chi connectivity index (χ4n) is 1.91. The highest BCUT2D eigenvalue weighted by Crippen LogP contribution is 2.31. The Hall–Kier alpha value is -3.50. The molecule has 0 fully saturated rings. The van der Waals surface area contributed by atoms with E-state index in [1.807, 2.05) is 0 Å². The number of nitro benzene ring substituents is 2. The summed E-state index contributed by atoms with van der Waals surface area (Å²) in [6, 6.07) is 5.96. The Labute approximate surface area is 137 Å². The number of anilines is 1. The van der Waals surface area contributed by atoms with Gasteiger partial charge in [-0.1, -0.05) is 6.07 Å². The highest BCUT2D eigenvalue weighted by Gasteiger charge is 2.30. The first-order chi connectivity index (χ1) is 11.6. The molecule has 130 valence electrons. The standard InChI is InChI=1S/C14H8F3N3O5/c15-14(16,17)9-2-1-3-10(6-9)18-13(21)8-4-11(19(22)23)7-12(5-8)20(24)25/h1-7H,(H,18,21). The summed E-state index contributed by atoms with van der Waals surface area (Å²) in [6.45, 7) is 0. The van der Waals surface area contributed by atoms with Gasteiger partial charge in [-0.2, -0.15) is 13.2 Å². The highest BCUT2D eigenvalue weighted by molar-refractivity contribution is 6.05. The number of nitrogens with zero attached hydrogens (tertiary/aromatic N) is 2. The maximum Gasteiger partial charge on any atom is 0.416 e. The van der Waals surface area contributed by atoms with E-state index in [2.05, 4.69) is 5.32 Å². The Bertz CT molecular complexity index is 835. The van der Waals surface area contributed by atoms with Crippen LogP contribution in [0.2, 0.25) is 0 Å². The summed E-state index contributed by atoms with van der Waals surface area (Å²) in [7, 11) is 0. The summed E-state index contributed by atoms with van der Waals surface area (Å²) >= 11 is 0. The summed E-state index contributed by atoms with van der Waals surface area (Å²) in [5, 5.41) is 23.7. The minimum Gasteiger partial charge on any atom is -0.322 e. The van der Waals surface area contributed by atoms with Crippen LogP contribution in [-0.2, 0) is 6.18 Å². The zero-order valence-corrected chi connectivity index (χ0v) is 12.1. The van der Waals surface area contributed by atoms with E-state index in [0.29, 0.717) is 12.1 Å². The van der Waals surface area contributed by atoms with Gasteiger partial charge < -0.3 is 5.32 Å². The molecule has 2 rings (SSSR count). The van der Waals surface area contributed by atoms with Crippen LogP contribution >= 0.6 is 0 Å². The van der Waals surface area contributed by atoms with Crippen molar-refractivity contribution in [2.45, 2.75) is 6.18 Å². The minimum absolute atomic E-state index is 0.214. The van der Waals surface area contributed by atoms with Gasteiger partial charge in [0.05, 0.1) is 27.0 Å². The number of carbonyl (C=O) groups is 1. The van der Waals surface area contributed by atoms with E-state index in [1.54, 1.807) is 0 Å². The molecule has 0 radical (unpaired) electrons. The topological polar surface area (TPSA) is 115 Å². The van der Waals surface area contributed by atoms with E-state index in [9.17, 15) is 38.2 Å². The largest absolute Gasteiger partial charge is 0.416 e. The van der Waals surface area contributed by atoms with E-state index in [-0.39, 0.29) is 5.69 Å². The summed E-state index contributed by atoms with van der Waals surface area (Å²) in [4.78, 5) is 31.8. The predicted octanol–water partition coefficient (Wildman–Crippen LogP) is 3.77. The molecule has 0 saturated heterocycles. The first-order valence-electron chi connectivity index (χ1n) is 6.50. The molecule has 0 heterocycles. The van der Waals surface area contributed by atoms with Crippen molar-refractivity contribution in [3.05, 3.63) is 73.8 Å². The van der Waals surface area contributed by atoms with Crippen LogP contribution in [0.25, 0.3) is 0 Å². The van der Waals surface area contributed by atoms with Crippen molar-refractivity contribution in [2.24, 2.45) is 0 Å². The van der Waals surface area contributed by atoms with E-state index in [4.69, 9.17) is 0 Å². The summed E-state index contributed by atoms with van der Waals surface area (Å²) in [5.74, 6) is -1.02. The van der Waals surface area contributed by atoms with Gasteiger partial charge in [-0.15, -0.1) is 0 Å². The highest BCUT2D eigenvalue weighted by atomic mass is 19.4. The molecule has 25 heavy (non-hydrogen) atoms. The molecule has 8 nitrogen and oxygen atoms in total. The Kier molecular flexibility index (Phi) is 4.68. The van der Waals surface area contributed by atoms with Crippen LogP contribution in [0, 0.1) is 20.2 Å². The molecular formula is C14H8F3N3O5. The van der Waals surface area contributed by atoms with Crippen LogP contribution in [0.3, 0.4) is 0 Å². The third kappa shape index (κ3) is 4.28. The van der Waals surface area contributed by atoms with Gasteiger partial charge in [0.15, 0.2) is 0 Å². The number of alkyl halides is 3. The number of hydrogen-bond donors (Lipinski definition) is 1. The van der Waals surface area contributed by atoms with Crippen LogP contribution in [0.1, 0.15) is 15.9 Å². The van der Waals surface area contributed by atoms with Crippen molar-refractivity contribution in [2.75, 3.05) is 5.32 Å². The molecule has 0 aliphatic rings. The summed E-state index contributed by atoms with van der Waals surface area (Å²) in [5.41, 5.74) is -3.03. The lowest BCUT2D eigenvalue weighted by atomic mass is 10.1. The van der Waals surface area contributed by atoms with Crippen LogP contribution in [0.15, 0.2) is 42.5 Å². The Morgan fingerprint density at radius 3 is 2.00 bits per heavy atom. The van der Waals surface area contributed by atoms with Gasteiger partial charge in [0.1, 0.15) is 0 Å². The second kappa shape index (κ2) is 6.55. The van der Waals surface area contributed by atoms with Gasteiger partial charge in [-0.25, -0.2) is 0 Å². The fourth-order valence-corrected chi connectivity index (χ4v) is 1.91. The molecular weight excluding hydrogens is 347 g/mol. The van der Waals surface area contributed by atoms with Gasteiger partial charge in [0.2, 0.25) is 0 Å². The SMILES string of the molecule is O=C(Nc1cccc(C(F)(F)F)c1)c1cc([N+](=O)[O-])cc([N+](=O)[O-])c1.